The van der Waals surface area contributed by atoms with Crippen LogP contribution < -0.4 is 10.1 Å². The molecule has 0 atom stereocenters. The van der Waals surface area contributed by atoms with E-state index in [4.69, 9.17) is 9.15 Å². The average molecular weight is 457 g/mol. The molecule has 10 nitrogen and oxygen atoms in total. The van der Waals surface area contributed by atoms with Gasteiger partial charge in [0.15, 0.2) is 4.34 Å². The fraction of sp³-hybridized carbons (Fsp3) is 0.158. The second kappa shape index (κ2) is 9.53. The molecule has 2 heterocycles. The normalized spacial score (nSPS) is 10.7. The van der Waals surface area contributed by atoms with Gasteiger partial charge in [0.1, 0.15) is 5.75 Å². The van der Waals surface area contributed by atoms with Gasteiger partial charge in [-0.05, 0) is 31.2 Å². The van der Waals surface area contributed by atoms with E-state index in [0.717, 1.165) is 15.8 Å². The summed E-state index contributed by atoms with van der Waals surface area (Å²) in [6.45, 7) is 2.50. The lowest BCUT2D eigenvalue weighted by atomic mass is 10.2. The van der Waals surface area contributed by atoms with Crippen molar-refractivity contribution < 1.29 is 14.1 Å². The summed E-state index contributed by atoms with van der Waals surface area (Å²) >= 11 is 2.82. The van der Waals surface area contributed by atoms with Gasteiger partial charge in [-0.25, -0.2) is 0 Å². The average Bonchev–Trinajstić information content (AvgIpc) is 3.43. The molecule has 158 valence electrons. The van der Waals surface area contributed by atoms with Crippen LogP contribution >= 0.6 is 23.1 Å². The largest absolute Gasteiger partial charge is 0.492 e. The Kier molecular flexibility index (Phi) is 6.38. The second-order valence-corrected chi connectivity index (χ2v) is 8.22. The fourth-order valence-electron chi connectivity index (χ4n) is 2.56. The minimum Gasteiger partial charge on any atom is -0.492 e. The number of nitrogens with zero attached hydrogens (tertiary/aromatic N) is 5. The van der Waals surface area contributed by atoms with Crippen LogP contribution in [0.5, 0.6) is 5.75 Å². The number of anilines is 2. The standard InChI is InChI=1S/C19H16N6O4S2/c1-2-28-15-6-4-3-5-14(15)20-18-23-24-19(31-18)30-11-16-21-22-17(29-16)12-7-9-13(10-8-12)25(26)27/h3-10H,2,11H2,1H3,(H,20,23). The van der Waals surface area contributed by atoms with E-state index in [9.17, 15) is 10.1 Å². The van der Waals surface area contributed by atoms with E-state index in [1.165, 1.54) is 35.2 Å². The topological polar surface area (TPSA) is 129 Å². The number of nitrogens with one attached hydrogen (secondary N) is 1. The number of ether oxygens (including phenoxy) is 1. The molecule has 2 aromatic heterocycles. The lowest BCUT2D eigenvalue weighted by molar-refractivity contribution is -0.384. The molecule has 2 aromatic carbocycles. The molecule has 0 saturated heterocycles. The predicted octanol–water partition coefficient (Wildman–Crippen LogP) is 4.93. The van der Waals surface area contributed by atoms with Crippen LogP contribution in [0.3, 0.4) is 0 Å². The highest BCUT2D eigenvalue weighted by Crippen LogP contribution is 2.33. The van der Waals surface area contributed by atoms with Crippen molar-refractivity contribution in [3.05, 3.63) is 64.5 Å². The summed E-state index contributed by atoms with van der Waals surface area (Å²) in [6.07, 6.45) is 0. The molecule has 0 radical (unpaired) electrons. The number of hydrogen-bond acceptors (Lipinski definition) is 11. The number of para-hydroxylation sites is 2. The summed E-state index contributed by atoms with van der Waals surface area (Å²) in [5, 5.41) is 31.0. The molecule has 31 heavy (non-hydrogen) atoms. The summed E-state index contributed by atoms with van der Waals surface area (Å²) in [5.74, 6) is 1.89. The number of benzene rings is 2. The number of aromatic nitrogens is 4. The van der Waals surface area contributed by atoms with E-state index >= 15 is 0 Å². The van der Waals surface area contributed by atoms with E-state index in [-0.39, 0.29) is 5.69 Å². The second-order valence-electron chi connectivity index (χ2n) is 6.02. The highest BCUT2D eigenvalue weighted by atomic mass is 32.2. The van der Waals surface area contributed by atoms with E-state index in [2.05, 4.69) is 25.7 Å². The van der Waals surface area contributed by atoms with Crippen molar-refractivity contribution in [1.29, 1.82) is 0 Å². The molecule has 1 N–H and O–H groups in total. The van der Waals surface area contributed by atoms with Gasteiger partial charge in [-0.2, -0.15) is 0 Å². The van der Waals surface area contributed by atoms with Gasteiger partial charge in [0.2, 0.25) is 16.9 Å². The maximum absolute atomic E-state index is 10.8. The van der Waals surface area contributed by atoms with Crippen molar-refractivity contribution in [2.45, 2.75) is 17.0 Å². The zero-order chi connectivity index (χ0) is 21.6. The minimum atomic E-state index is -0.458. The molecule has 0 amide bonds. The smallest absolute Gasteiger partial charge is 0.269 e. The lowest BCUT2D eigenvalue weighted by Crippen LogP contribution is -1.97. The molecule has 12 heteroatoms. The highest BCUT2D eigenvalue weighted by molar-refractivity contribution is 8.00. The third kappa shape index (κ3) is 5.16. The fourth-order valence-corrected chi connectivity index (χ4v) is 4.16. The number of nitro groups is 1. The van der Waals surface area contributed by atoms with Gasteiger partial charge in [-0.1, -0.05) is 35.2 Å². The van der Waals surface area contributed by atoms with Crippen LogP contribution in [0, 0.1) is 10.1 Å². The molecule has 0 bridgehead atoms. The number of non-ortho nitro benzene ring substituents is 1. The van der Waals surface area contributed by atoms with Crippen LogP contribution in [0.25, 0.3) is 11.5 Å². The third-order valence-corrected chi connectivity index (χ3v) is 5.90. The molecular weight excluding hydrogens is 440 g/mol. The molecule has 0 aliphatic rings. The van der Waals surface area contributed by atoms with E-state index < -0.39 is 4.92 Å². The van der Waals surface area contributed by atoms with Crippen LogP contribution in [-0.4, -0.2) is 31.9 Å². The number of rotatable bonds is 9. The van der Waals surface area contributed by atoms with Gasteiger partial charge in [0.25, 0.3) is 5.69 Å². The highest BCUT2D eigenvalue weighted by Gasteiger charge is 2.13. The minimum absolute atomic E-state index is 0.00334. The van der Waals surface area contributed by atoms with Crippen molar-refractivity contribution in [1.82, 2.24) is 20.4 Å². The Morgan fingerprint density at radius 3 is 2.71 bits per heavy atom. The first-order chi connectivity index (χ1) is 15.1. The summed E-state index contributed by atoms with van der Waals surface area (Å²) in [6, 6.07) is 13.6. The maximum atomic E-state index is 10.8. The van der Waals surface area contributed by atoms with Gasteiger partial charge < -0.3 is 14.5 Å². The van der Waals surface area contributed by atoms with Crippen molar-refractivity contribution in [3.8, 4) is 17.2 Å². The van der Waals surface area contributed by atoms with Crippen LogP contribution in [0.1, 0.15) is 12.8 Å². The van der Waals surface area contributed by atoms with E-state index in [0.29, 0.717) is 34.8 Å². The predicted molar refractivity (Wildman–Crippen MR) is 117 cm³/mol. The summed E-state index contributed by atoms with van der Waals surface area (Å²) in [5.41, 5.74) is 1.44. The molecule has 0 aliphatic carbocycles. The summed E-state index contributed by atoms with van der Waals surface area (Å²) in [4.78, 5) is 10.3. The van der Waals surface area contributed by atoms with Crippen molar-refractivity contribution >= 4 is 39.6 Å². The summed E-state index contributed by atoms with van der Waals surface area (Å²) < 4.78 is 12.0. The van der Waals surface area contributed by atoms with Crippen LogP contribution in [0.2, 0.25) is 0 Å². The lowest BCUT2D eigenvalue weighted by Gasteiger charge is -2.09. The van der Waals surface area contributed by atoms with E-state index in [1.54, 1.807) is 12.1 Å². The molecule has 0 unspecified atom stereocenters. The zero-order valence-corrected chi connectivity index (χ0v) is 17.9. The molecule has 0 aliphatic heterocycles. The van der Waals surface area contributed by atoms with Crippen molar-refractivity contribution in [2.24, 2.45) is 0 Å². The summed E-state index contributed by atoms with van der Waals surface area (Å²) in [7, 11) is 0. The number of hydrogen-bond donors (Lipinski definition) is 1. The first-order valence-corrected chi connectivity index (χ1v) is 10.9. The Bertz CT molecular complexity index is 1180. The molecular formula is C19H16N6O4S2. The molecule has 4 rings (SSSR count). The first-order valence-electron chi connectivity index (χ1n) is 9.14. The van der Waals surface area contributed by atoms with Crippen LogP contribution in [-0.2, 0) is 5.75 Å². The third-order valence-electron chi connectivity index (χ3n) is 3.95. The van der Waals surface area contributed by atoms with Gasteiger partial charge in [0.05, 0.1) is 23.0 Å². The van der Waals surface area contributed by atoms with Crippen LogP contribution in [0.15, 0.2) is 57.3 Å². The van der Waals surface area contributed by atoms with Crippen molar-refractivity contribution in [2.75, 3.05) is 11.9 Å². The van der Waals surface area contributed by atoms with Gasteiger partial charge >= 0.3 is 0 Å². The quantitative estimate of drug-likeness (QED) is 0.210. The molecule has 0 saturated carbocycles. The number of thioether (sulfide) groups is 1. The van der Waals surface area contributed by atoms with Gasteiger partial charge in [-0.3, -0.25) is 10.1 Å². The monoisotopic (exact) mass is 456 g/mol. The molecule has 0 spiro atoms. The number of nitro benzene ring substituents is 1. The first kappa shape index (κ1) is 20.8. The van der Waals surface area contributed by atoms with E-state index in [1.807, 2.05) is 31.2 Å². The SMILES string of the molecule is CCOc1ccccc1Nc1nnc(SCc2nnc(-c3ccc([N+](=O)[O-])cc3)o2)s1. The Balaban J connectivity index is 1.37. The van der Waals surface area contributed by atoms with Crippen LogP contribution in [0.4, 0.5) is 16.5 Å². The Morgan fingerprint density at radius 1 is 1.13 bits per heavy atom. The molecule has 4 aromatic rings. The molecule has 0 fully saturated rings. The Hall–Kier alpha value is -3.51. The van der Waals surface area contributed by atoms with Gasteiger partial charge in [-0.15, -0.1) is 20.4 Å². The van der Waals surface area contributed by atoms with Gasteiger partial charge in [0, 0.05) is 17.7 Å². The zero-order valence-electron chi connectivity index (χ0n) is 16.2. The Labute approximate surface area is 184 Å². The van der Waals surface area contributed by atoms with Crippen molar-refractivity contribution in [3.63, 3.8) is 0 Å². The Morgan fingerprint density at radius 2 is 1.94 bits per heavy atom. The maximum Gasteiger partial charge on any atom is 0.269 e.